The summed E-state index contributed by atoms with van der Waals surface area (Å²) in [5.74, 6) is 0. The lowest BCUT2D eigenvalue weighted by atomic mass is 10.1. The van der Waals surface area contributed by atoms with Crippen molar-refractivity contribution < 1.29 is 9.90 Å². The molecule has 0 spiro atoms. The monoisotopic (exact) mass is 288 g/mol. The van der Waals surface area contributed by atoms with Crippen molar-refractivity contribution in [2.45, 2.75) is 13.3 Å². The van der Waals surface area contributed by atoms with Gasteiger partial charge in [0.2, 0.25) is 0 Å². The summed E-state index contributed by atoms with van der Waals surface area (Å²) in [6.07, 6.45) is 2.55. The van der Waals surface area contributed by atoms with Crippen LogP contribution in [0.2, 0.25) is 0 Å². The van der Waals surface area contributed by atoms with Crippen molar-refractivity contribution in [3.8, 4) is 11.3 Å². The molecule has 0 saturated heterocycles. The Labute approximate surface area is 123 Å². The van der Waals surface area contributed by atoms with Crippen molar-refractivity contribution in [2.75, 3.05) is 25.0 Å². The fourth-order valence-corrected chi connectivity index (χ4v) is 2.06. The van der Waals surface area contributed by atoms with Gasteiger partial charge >= 0.3 is 6.03 Å². The van der Waals surface area contributed by atoms with Gasteiger partial charge in [-0.15, -0.1) is 0 Å². The molecular formula is C15H20N4O2. The summed E-state index contributed by atoms with van der Waals surface area (Å²) in [6, 6.07) is 9.21. The van der Waals surface area contributed by atoms with Crippen LogP contribution in [0.5, 0.6) is 0 Å². The second kappa shape index (κ2) is 7.44. The van der Waals surface area contributed by atoms with E-state index in [9.17, 15) is 4.79 Å². The van der Waals surface area contributed by atoms with E-state index < -0.39 is 0 Å². The predicted molar refractivity (Wildman–Crippen MR) is 82.0 cm³/mol. The predicted octanol–water partition coefficient (Wildman–Crippen LogP) is 2.31. The van der Waals surface area contributed by atoms with Gasteiger partial charge in [-0.1, -0.05) is 19.1 Å². The minimum Gasteiger partial charge on any atom is -0.395 e. The Hall–Kier alpha value is -2.34. The molecule has 2 rings (SSSR count). The molecule has 6 nitrogen and oxygen atoms in total. The van der Waals surface area contributed by atoms with Crippen LogP contribution in [0.15, 0.2) is 36.5 Å². The third kappa shape index (κ3) is 4.06. The van der Waals surface area contributed by atoms with E-state index in [1.165, 1.54) is 0 Å². The molecule has 112 valence electrons. The first kappa shape index (κ1) is 15.1. The van der Waals surface area contributed by atoms with Gasteiger partial charge in [0.25, 0.3) is 0 Å². The molecule has 21 heavy (non-hydrogen) atoms. The van der Waals surface area contributed by atoms with E-state index in [1.54, 1.807) is 11.1 Å². The van der Waals surface area contributed by atoms with Crippen LogP contribution in [0.3, 0.4) is 0 Å². The minimum absolute atomic E-state index is 0.0355. The second-order valence-electron chi connectivity index (χ2n) is 4.69. The number of nitrogens with one attached hydrogen (secondary N) is 2. The summed E-state index contributed by atoms with van der Waals surface area (Å²) in [5.41, 5.74) is 2.66. The maximum absolute atomic E-state index is 12.1. The first-order valence-electron chi connectivity index (χ1n) is 7.01. The normalized spacial score (nSPS) is 10.4. The molecule has 0 saturated carbocycles. The van der Waals surface area contributed by atoms with Crippen molar-refractivity contribution in [3.63, 3.8) is 0 Å². The molecular weight excluding hydrogens is 268 g/mol. The number of hydrogen-bond acceptors (Lipinski definition) is 3. The van der Waals surface area contributed by atoms with Gasteiger partial charge in [0.15, 0.2) is 0 Å². The SMILES string of the molecule is CCCN(CCO)C(=O)Nc1ccc(-c2ccn[nH]2)cc1. The molecule has 1 heterocycles. The number of carbonyl (C=O) groups excluding carboxylic acids is 1. The lowest BCUT2D eigenvalue weighted by molar-refractivity contribution is 0.188. The Morgan fingerprint density at radius 2 is 2.05 bits per heavy atom. The van der Waals surface area contributed by atoms with Gasteiger partial charge in [0.1, 0.15) is 0 Å². The largest absolute Gasteiger partial charge is 0.395 e. The van der Waals surface area contributed by atoms with Gasteiger partial charge in [0.05, 0.1) is 12.3 Å². The average Bonchev–Trinajstić information content (AvgIpc) is 3.02. The molecule has 2 amide bonds. The maximum atomic E-state index is 12.1. The number of aliphatic hydroxyl groups excluding tert-OH is 1. The number of aromatic amines is 1. The van der Waals surface area contributed by atoms with Crippen molar-refractivity contribution >= 4 is 11.7 Å². The molecule has 1 aromatic heterocycles. The van der Waals surface area contributed by atoms with Crippen LogP contribution in [0.1, 0.15) is 13.3 Å². The summed E-state index contributed by atoms with van der Waals surface area (Å²) < 4.78 is 0. The third-order valence-electron chi connectivity index (χ3n) is 3.10. The fraction of sp³-hybridized carbons (Fsp3) is 0.333. The molecule has 0 bridgehead atoms. The van der Waals surface area contributed by atoms with Gasteiger partial charge in [-0.2, -0.15) is 5.10 Å². The summed E-state index contributed by atoms with van der Waals surface area (Å²) >= 11 is 0. The van der Waals surface area contributed by atoms with Crippen molar-refractivity contribution in [1.82, 2.24) is 15.1 Å². The molecule has 2 aromatic rings. The lowest BCUT2D eigenvalue weighted by Gasteiger charge is -2.21. The summed E-state index contributed by atoms with van der Waals surface area (Å²) in [5, 5.41) is 18.6. The first-order valence-corrected chi connectivity index (χ1v) is 7.01. The van der Waals surface area contributed by atoms with E-state index in [-0.39, 0.29) is 12.6 Å². The standard InChI is InChI=1S/C15H20N4O2/c1-2-9-19(10-11-20)15(21)17-13-5-3-12(4-6-13)14-7-8-16-18-14/h3-8,20H,2,9-11H2,1H3,(H,16,18)(H,17,21). The average molecular weight is 288 g/mol. The highest BCUT2D eigenvalue weighted by Gasteiger charge is 2.11. The summed E-state index contributed by atoms with van der Waals surface area (Å²) in [4.78, 5) is 13.7. The zero-order valence-corrected chi connectivity index (χ0v) is 12.0. The molecule has 1 aromatic carbocycles. The fourth-order valence-electron chi connectivity index (χ4n) is 2.06. The number of benzene rings is 1. The number of nitrogens with zero attached hydrogens (tertiary/aromatic N) is 2. The molecule has 3 N–H and O–H groups in total. The Balaban J connectivity index is 2.00. The van der Waals surface area contributed by atoms with Crippen molar-refractivity contribution in [3.05, 3.63) is 36.5 Å². The van der Waals surface area contributed by atoms with Crippen LogP contribution in [0, 0.1) is 0 Å². The molecule has 0 unspecified atom stereocenters. The zero-order valence-electron chi connectivity index (χ0n) is 12.0. The lowest BCUT2D eigenvalue weighted by Crippen LogP contribution is -2.37. The number of aliphatic hydroxyl groups is 1. The number of anilines is 1. The number of H-pyrrole nitrogens is 1. The van der Waals surface area contributed by atoms with E-state index in [4.69, 9.17) is 5.11 Å². The summed E-state index contributed by atoms with van der Waals surface area (Å²) in [7, 11) is 0. The number of amides is 2. The van der Waals surface area contributed by atoms with Crippen molar-refractivity contribution in [1.29, 1.82) is 0 Å². The first-order chi connectivity index (χ1) is 10.2. The van der Waals surface area contributed by atoms with Crippen LogP contribution in [0.4, 0.5) is 10.5 Å². The molecule has 0 aliphatic heterocycles. The Bertz CT molecular complexity index is 546. The van der Waals surface area contributed by atoms with Crippen LogP contribution in [0.25, 0.3) is 11.3 Å². The highest BCUT2D eigenvalue weighted by molar-refractivity contribution is 5.89. The van der Waals surface area contributed by atoms with Crippen LogP contribution in [-0.2, 0) is 0 Å². The van der Waals surface area contributed by atoms with E-state index in [2.05, 4.69) is 15.5 Å². The van der Waals surface area contributed by atoms with Gasteiger partial charge < -0.3 is 15.3 Å². The van der Waals surface area contributed by atoms with Crippen LogP contribution < -0.4 is 5.32 Å². The van der Waals surface area contributed by atoms with E-state index in [1.807, 2.05) is 37.3 Å². The van der Waals surface area contributed by atoms with Crippen LogP contribution in [-0.4, -0.2) is 45.9 Å². The highest BCUT2D eigenvalue weighted by atomic mass is 16.3. The number of hydrogen-bond donors (Lipinski definition) is 3. The molecule has 0 radical (unpaired) electrons. The maximum Gasteiger partial charge on any atom is 0.321 e. The molecule has 6 heteroatoms. The summed E-state index contributed by atoms with van der Waals surface area (Å²) in [6.45, 7) is 2.92. The minimum atomic E-state index is -0.194. The van der Waals surface area contributed by atoms with Crippen LogP contribution >= 0.6 is 0 Å². The van der Waals surface area contributed by atoms with E-state index >= 15 is 0 Å². The third-order valence-corrected chi connectivity index (χ3v) is 3.10. The molecule has 0 aliphatic rings. The highest BCUT2D eigenvalue weighted by Crippen LogP contribution is 2.19. The Kier molecular flexibility index (Phi) is 5.34. The van der Waals surface area contributed by atoms with E-state index in [0.717, 1.165) is 23.4 Å². The smallest absolute Gasteiger partial charge is 0.321 e. The number of urea groups is 1. The molecule has 0 atom stereocenters. The van der Waals surface area contributed by atoms with Gasteiger partial charge in [0, 0.05) is 25.0 Å². The zero-order chi connectivity index (χ0) is 15.1. The van der Waals surface area contributed by atoms with Gasteiger partial charge in [-0.3, -0.25) is 5.10 Å². The quantitative estimate of drug-likeness (QED) is 0.763. The topological polar surface area (TPSA) is 81.2 Å². The Morgan fingerprint density at radius 1 is 1.29 bits per heavy atom. The molecule has 0 aliphatic carbocycles. The van der Waals surface area contributed by atoms with Crippen molar-refractivity contribution in [2.24, 2.45) is 0 Å². The Morgan fingerprint density at radius 3 is 2.62 bits per heavy atom. The van der Waals surface area contributed by atoms with E-state index in [0.29, 0.717) is 13.1 Å². The van der Waals surface area contributed by atoms with Gasteiger partial charge in [-0.05, 0) is 30.2 Å². The second-order valence-corrected chi connectivity index (χ2v) is 4.69. The number of aromatic nitrogens is 2. The van der Waals surface area contributed by atoms with Gasteiger partial charge in [-0.25, -0.2) is 4.79 Å². The number of rotatable bonds is 6. The molecule has 0 fully saturated rings. The number of carbonyl (C=O) groups is 1.